The Labute approximate surface area is 74.6 Å². The Bertz CT molecular complexity index is 213. The van der Waals surface area contributed by atoms with Gasteiger partial charge < -0.3 is 25.2 Å². The Morgan fingerprint density at radius 2 is 1.77 bits per heavy atom. The fraction of sp³-hybridized carbons (Fsp3) is 0.857. The summed E-state index contributed by atoms with van der Waals surface area (Å²) in [4.78, 5) is 0. The molecule has 1 rings (SSSR count). The van der Waals surface area contributed by atoms with Gasteiger partial charge >= 0.3 is 0 Å². The third-order valence-corrected chi connectivity index (χ3v) is 2.02. The van der Waals surface area contributed by atoms with Crippen LogP contribution in [0.1, 0.15) is 0 Å². The van der Waals surface area contributed by atoms with E-state index < -0.39 is 37.1 Å². The van der Waals surface area contributed by atoms with E-state index in [4.69, 9.17) is 15.1 Å². The van der Waals surface area contributed by atoms with Crippen LogP contribution in [0.15, 0.2) is 0 Å². The molecule has 1 aliphatic heterocycles. The van der Waals surface area contributed by atoms with Crippen molar-refractivity contribution in [3.05, 3.63) is 0 Å². The van der Waals surface area contributed by atoms with Crippen LogP contribution < -0.4 is 0 Å². The second kappa shape index (κ2) is 4.00. The summed E-state index contributed by atoms with van der Waals surface area (Å²) in [6, 6.07) is 1.61. The molecule has 1 fully saturated rings. The summed E-state index contributed by atoms with van der Waals surface area (Å²) >= 11 is 0. The molecule has 4 N–H and O–H groups in total. The van der Waals surface area contributed by atoms with Crippen LogP contribution in [-0.2, 0) is 4.74 Å². The van der Waals surface area contributed by atoms with E-state index in [1.807, 2.05) is 0 Å². The highest BCUT2D eigenvalue weighted by Gasteiger charge is 2.43. The lowest BCUT2D eigenvalue weighted by Gasteiger charge is -2.37. The summed E-state index contributed by atoms with van der Waals surface area (Å²) in [5.41, 5.74) is 0. The van der Waals surface area contributed by atoms with Gasteiger partial charge in [0.15, 0.2) is 6.10 Å². The molecular formula is C7H11NO5. The first-order valence-corrected chi connectivity index (χ1v) is 3.82. The minimum atomic E-state index is -1.46. The van der Waals surface area contributed by atoms with Gasteiger partial charge in [0, 0.05) is 0 Å². The minimum Gasteiger partial charge on any atom is -0.394 e. The van der Waals surface area contributed by atoms with Crippen molar-refractivity contribution in [3.8, 4) is 6.07 Å². The van der Waals surface area contributed by atoms with Crippen molar-refractivity contribution in [1.82, 2.24) is 0 Å². The highest BCUT2D eigenvalue weighted by molar-refractivity contribution is 5.01. The summed E-state index contributed by atoms with van der Waals surface area (Å²) in [7, 11) is 0. The van der Waals surface area contributed by atoms with Crippen LogP contribution >= 0.6 is 0 Å². The van der Waals surface area contributed by atoms with Crippen molar-refractivity contribution in [1.29, 1.82) is 5.26 Å². The zero-order valence-electron chi connectivity index (χ0n) is 6.74. The quantitative estimate of drug-likeness (QED) is 0.358. The number of rotatable bonds is 1. The van der Waals surface area contributed by atoms with Gasteiger partial charge in [0.1, 0.15) is 24.4 Å². The van der Waals surface area contributed by atoms with Crippen LogP contribution in [0.5, 0.6) is 0 Å². The SMILES string of the molecule is N#CC1O[C@H](CO)[C@@H](O)[C@H](O)[C@H]1O. The molecular weight excluding hydrogens is 178 g/mol. The van der Waals surface area contributed by atoms with Gasteiger partial charge in [-0.3, -0.25) is 0 Å². The van der Waals surface area contributed by atoms with Crippen molar-refractivity contribution in [2.45, 2.75) is 30.5 Å². The topological polar surface area (TPSA) is 114 Å². The summed E-state index contributed by atoms with van der Waals surface area (Å²) in [6.07, 6.45) is -6.51. The average molecular weight is 189 g/mol. The normalized spacial score (nSPS) is 45.6. The molecule has 0 radical (unpaired) electrons. The highest BCUT2D eigenvalue weighted by Crippen LogP contribution is 2.20. The van der Waals surface area contributed by atoms with E-state index in [1.165, 1.54) is 0 Å². The zero-order valence-corrected chi connectivity index (χ0v) is 6.74. The standard InChI is InChI=1S/C7H11NO5/c8-1-3-5(10)7(12)6(11)4(2-9)13-3/h3-7,9-12H,2H2/t3?,4-,5+,6-,7-/m1/s1. The largest absolute Gasteiger partial charge is 0.394 e. The summed E-state index contributed by atoms with van der Waals surface area (Å²) in [6.45, 7) is -0.511. The molecule has 13 heavy (non-hydrogen) atoms. The van der Waals surface area contributed by atoms with Crippen LogP contribution in [0.3, 0.4) is 0 Å². The third kappa shape index (κ3) is 1.80. The fourth-order valence-corrected chi connectivity index (χ4v) is 1.21. The third-order valence-electron chi connectivity index (χ3n) is 2.02. The van der Waals surface area contributed by atoms with Gasteiger partial charge in [-0.2, -0.15) is 5.26 Å². The van der Waals surface area contributed by atoms with Gasteiger partial charge in [-0.15, -0.1) is 0 Å². The molecule has 0 aromatic heterocycles. The molecule has 0 aromatic rings. The molecule has 0 aromatic carbocycles. The molecule has 74 valence electrons. The first kappa shape index (κ1) is 10.4. The van der Waals surface area contributed by atoms with Crippen molar-refractivity contribution < 1.29 is 25.2 Å². The Hall–Kier alpha value is -0.710. The van der Waals surface area contributed by atoms with E-state index in [2.05, 4.69) is 0 Å². The van der Waals surface area contributed by atoms with Gasteiger partial charge in [-0.25, -0.2) is 0 Å². The fourth-order valence-electron chi connectivity index (χ4n) is 1.21. The molecule has 0 bridgehead atoms. The van der Waals surface area contributed by atoms with Gasteiger partial charge in [-0.05, 0) is 0 Å². The van der Waals surface area contributed by atoms with E-state index in [0.717, 1.165) is 0 Å². The smallest absolute Gasteiger partial charge is 0.172 e. The Balaban J connectivity index is 2.73. The van der Waals surface area contributed by atoms with Crippen molar-refractivity contribution in [2.24, 2.45) is 0 Å². The highest BCUT2D eigenvalue weighted by atomic mass is 16.5. The first-order chi connectivity index (χ1) is 6.11. The lowest BCUT2D eigenvalue weighted by Crippen LogP contribution is -2.58. The van der Waals surface area contributed by atoms with E-state index in [9.17, 15) is 15.3 Å². The predicted molar refractivity (Wildman–Crippen MR) is 39.4 cm³/mol. The molecule has 1 aliphatic rings. The molecule has 0 aliphatic carbocycles. The van der Waals surface area contributed by atoms with Crippen molar-refractivity contribution in [3.63, 3.8) is 0 Å². The molecule has 0 saturated carbocycles. The number of nitrogens with zero attached hydrogens (tertiary/aromatic N) is 1. The van der Waals surface area contributed by atoms with E-state index in [1.54, 1.807) is 6.07 Å². The maximum Gasteiger partial charge on any atom is 0.172 e. The van der Waals surface area contributed by atoms with E-state index >= 15 is 0 Å². The second-order valence-corrected chi connectivity index (χ2v) is 2.88. The number of hydrogen-bond acceptors (Lipinski definition) is 6. The van der Waals surface area contributed by atoms with Crippen LogP contribution in [0.2, 0.25) is 0 Å². The van der Waals surface area contributed by atoms with Crippen LogP contribution in [-0.4, -0.2) is 57.6 Å². The van der Waals surface area contributed by atoms with Gasteiger partial charge in [0.05, 0.1) is 12.7 Å². The maximum atomic E-state index is 9.22. The second-order valence-electron chi connectivity index (χ2n) is 2.88. The number of hydrogen-bond donors (Lipinski definition) is 4. The van der Waals surface area contributed by atoms with Crippen LogP contribution in [0.4, 0.5) is 0 Å². The molecule has 5 atom stereocenters. The minimum absolute atomic E-state index is 0.511. The molecule has 1 unspecified atom stereocenters. The molecule has 6 heteroatoms. The lowest BCUT2D eigenvalue weighted by atomic mass is 9.96. The van der Waals surface area contributed by atoms with Gasteiger partial charge in [-0.1, -0.05) is 0 Å². The summed E-state index contributed by atoms with van der Waals surface area (Å²) < 4.78 is 4.81. The van der Waals surface area contributed by atoms with Crippen LogP contribution in [0.25, 0.3) is 0 Å². The van der Waals surface area contributed by atoms with E-state index in [0.29, 0.717) is 0 Å². The lowest BCUT2D eigenvalue weighted by molar-refractivity contribution is -0.214. The number of nitriles is 1. The Kier molecular flexibility index (Phi) is 3.19. The summed E-state index contributed by atoms with van der Waals surface area (Å²) in [5.74, 6) is 0. The number of aliphatic hydroxyl groups is 4. The average Bonchev–Trinajstić information content (AvgIpc) is 2.15. The van der Waals surface area contributed by atoms with Gasteiger partial charge in [0.25, 0.3) is 0 Å². The van der Waals surface area contributed by atoms with Crippen molar-refractivity contribution in [2.75, 3.05) is 6.61 Å². The van der Waals surface area contributed by atoms with Crippen molar-refractivity contribution >= 4 is 0 Å². The molecule has 0 spiro atoms. The Morgan fingerprint density at radius 1 is 1.15 bits per heavy atom. The first-order valence-electron chi connectivity index (χ1n) is 3.82. The Morgan fingerprint density at radius 3 is 2.23 bits per heavy atom. The molecule has 1 saturated heterocycles. The summed E-state index contributed by atoms with van der Waals surface area (Å²) in [5, 5.41) is 44.8. The van der Waals surface area contributed by atoms with Gasteiger partial charge in [0.2, 0.25) is 0 Å². The molecule has 0 amide bonds. The number of aliphatic hydroxyl groups excluding tert-OH is 4. The number of ether oxygens (including phenoxy) is 1. The molecule has 6 nitrogen and oxygen atoms in total. The maximum absolute atomic E-state index is 9.22. The monoisotopic (exact) mass is 189 g/mol. The van der Waals surface area contributed by atoms with E-state index in [-0.39, 0.29) is 0 Å². The van der Waals surface area contributed by atoms with Crippen LogP contribution in [0, 0.1) is 11.3 Å². The predicted octanol–water partition coefficient (Wildman–Crippen LogP) is -2.65. The molecule has 1 heterocycles. The zero-order chi connectivity index (χ0) is 10.0.